The highest BCUT2D eigenvalue weighted by molar-refractivity contribution is 5.93. The third-order valence-electron chi connectivity index (χ3n) is 6.17. The van der Waals surface area contributed by atoms with E-state index in [0.717, 1.165) is 23.0 Å². The van der Waals surface area contributed by atoms with Crippen molar-refractivity contribution in [2.75, 3.05) is 7.11 Å². The summed E-state index contributed by atoms with van der Waals surface area (Å²) in [6.45, 7) is 5.85. The highest BCUT2D eigenvalue weighted by Crippen LogP contribution is 2.38. The predicted octanol–water partition coefficient (Wildman–Crippen LogP) is 6.87. The molecule has 1 aliphatic rings. The van der Waals surface area contributed by atoms with Crippen LogP contribution in [0.25, 0.3) is 11.1 Å². The van der Waals surface area contributed by atoms with Crippen molar-refractivity contribution in [3.05, 3.63) is 72.3 Å². The average molecular weight is 377 g/mol. The maximum Gasteiger partial charge on any atom is 0.188 e. The van der Waals surface area contributed by atoms with E-state index < -0.39 is 6.10 Å². The zero-order valence-corrected chi connectivity index (χ0v) is 17.2. The Kier molecular flexibility index (Phi) is 7.22. The molecule has 28 heavy (non-hydrogen) atoms. The summed E-state index contributed by atoms with van der Waals surface area (Å²) in [5.41, 5.74) is 4.70. The Morgan fingerprint density at radius 3 is 2.11 bits per heavy atom. The van der Waals surface area contributed by atoms with Crippen molar-refractivity contribution < 1.29 is 9.53 Å². The number of benzene rings is 2. The molecular formula is C26H32O2. The van der Waals surface area contributed by atoms with Crippen molar-refractivity contribution in [1.82, 2.24) is 0 Å². The molecule has 0 heterocycles. The maximum absolute atomic E-state index is 11.9. The molecule has 0 spiro atoms. The predicted molar refractivity (Wildman–Crippen MR) is 116 cm³/mol. The summed E-state index contributed by atoms with van der Waals surface area (Å²) in [6.07, 6.45) is 8.87. The van der Waals surface area contributed by atoms with Gasteiger partial charge in [-0.1, -0.05) is 74.9 Å². The van der Waals surface area contributed by atoms with Crippen LogP contribution in [-0.4, -0.2) is 12.9 Å². The van der Waals surface area contributed by atoms with Gasteiger partial charge in [-0.15, -0.1) is 0 Å². The van der Waals surface area contributed by atoms with Crippen LogP contribution < -0.4 is 0 Å². The molecule has 3 rings (SSSR count). The van der Waals surface area contributed by atoms with Gasteiger partial charge in [0.25, 0.3) is 0 Å². The quantitative estimate of drug-likeness (QED) is 0.470. The molecule has 0 N–H and O–H groups in total. The van der Waals surface area contributed by atoms with Gasteiger partial charge in [0.2, 0.25) is 0 Å². The summed E-state index contributed by atoms with van der Waals surface area (Å²) in [6, 6.07) is 17.1. The third kappa shape index (κ3) is 4.80. The minimum Gasteiger partial charge on any atom is -0.369 e. The summed E-state index contributed by atoms with van der Waals surface area (Å²) in [7, 11) is 1.55. The molecule has 1 fully saturated rings. The third-order valence-corrected chi connectivity index (χ3v) is 6.17. The second-order valence-corrected chi connectivity index (χ2v) is 7.97. The lowest BCUT2D eigenvalue weighted by Gasteiger charge is -2.28. The van der Waals surface area contributed by atoms with Crippen LogP contribution in [0.4, 0.5) is 0 Å². The number of carbonyl (C=O) groups excluding carboxylic acids is 1. The van der Waals surface area contributed by atoms with Gasteiger partial charge in [0.05, 0.1) is 0 Å². The first-order valence-electron chi connectivity index (χ1n) is 10.6. The summed E-state index contributed by atoms with van der Waals surface area (Å²) in [4.78, 5) is 11.9. The average Bonchev–Trinajstić information content (AvgIpc) is 2.75. The van der Waals surface area contributed by atoms with Crippen LogP contribution in [0.1, 0.15) is 68.6 Å². The van der Waals surface area contributed by atoms with Crippen LogP contribution in [0.3, 0.4) is 0 Å². The normalized spacial score (nSPS) is 20.5. The van der Waals surface area contributed by atoms with E-state index in [1.807, 2.05) is 12.1 Å². The number of rotatable bonds is 8. The first-order chi connectivity index (χ1) is 13.7. The molecule has 1 unspecified atom stereocenters. The van der Waals surface area contributed by atoms with E-state index in [9.17, 15) is 4.79 Å². The Labute approximate surface area is 169 Å². The zero-order chi connectivity index (χ0) is 19.9. The Hall–Kier alpha value is -2.19. The highest BCUT2D eigenvalue weighted by Gasteiger charge is 2.22. The lowest BCUT2D eigenvalue weighted by molar-refractivity contribution is -0.124. The Morgan fingerprint density at radius 1 is 1.04 bits per heavy atom. The van der Waals surface area contributed by atoms with Crippen LogP contribution in [0, 0.1) is 5.92 Å². The molecule has 0 amide bonds. The van der Waals surface area contributed by atoms with Gasteiger partial charge in [-0.3, -0.25) is 4.79 Å². The molecule has 0 aromatic heterocycles. The molecule has 0 radical (unpaired) electrons. The van der Waals surface area contributed by atoms with Crippen molar-refractivity contribution >= 4 is 5.78 Å². The largest absolute Gasteiger partial charge is 0.369 e. The van der Waals surface area contributed by atoms with Crippen LogP contribution in [0.5, 0.6) is 0 Å². The van der Waals surface area contributed by atoms with Gasteiger partial charge >= 0.3 is 0 Å². The zero-order valence-electron chi connectivity index (χ0n) is 17.2. The summed E-state index contributed by atoms with van der Waals surface area (Å²) >= 11 is 0. The van der Waals surface area contributed by atoms with Gasteiger partial charge in [0, 0.05) is 7.11 Å². The van der Waals surface area contributed by atoms with Crippen molar-refractivity contribution in [1.29, 1.82) is 0 Å². The number of hydrogen-bond donors (Lipinski definition) is 0. The summed E-state index contributed by atoms with van der Waals surface area (Å²) < 4.78 is 5.32. The second kappa shape index (κ2) is 9.84. The Bertz CT molecular complexity index is 765. The van der Waals surface area contributed by atoms with Crippen molar-refractivity contribution in [3.8, 4) is 11.1 Å². The Morgan fingerprint density at radius 2 is 1.61 bits per heavy atom. The van der Waals surface area contributed by atoms with E-state index in [4.69, 9.17) is 4.74 Å². The molecule has 1 saturated carbocycles. The molecule has 1 atom stereocenters. The number of methoxy groups -OCH3 is 1. The van der Waals surface area contributed by atoms with Crippen molar-refractivity contribution in [2.45, 2.75) is 57.5 Å². The topological polar surface area (TPSA) is 26.3 Å². The smallest absolute Gasteiger partial charge is 0.188 e. The lowest BCUT2D eigenvalue weighted by Crippen LogP contribution is -2.13. The SMILES string of the molecule is C=CC(=O)C(OC)c1ccc(-c2ccc(C3CCC(CCC)CC3)cc2)cc1. The van der Waals surface area contributed by atoms with Gasteiger partial charge in [-0.25, -0.2) is 0 Å². The van der Waals surface area contributed by atoms with E-state index >= 15 is 0 Å². The fourth-order valence-corrected chi connectivity index (χ4v) is 4.51. The molecule has 1 aliphatic carbocycles. The molecule has 0 aliphatic heterocycles. The second-order valence-electron chi connectivity index (χ2n) is 7.97. The summed E-state index contributed by atoms with van der Waals surface area (Å²) in [5, 5.41) is 0. The molecule has 2 aromatic rings. The van der Waals surface area contributed by atoms with Crippen LogP contribution in [0.2, 0.25) is 0 Å². The van der Waals surface area contributed by atoms with Gasteiger partial charge < -0.3 is 4.74 Å². The molecular weight excluding hydrogens is 344 g/mol. The highest BCUT2D eigenvalue weighted by atomic mass is 16.5. The maximum atomic E-state index is 11.9. The molecule has 0 saturated heterocycles. The fraction of sp³-hybridized carbons (Fsp3) is 0.423. The molecule has 2 heteroatoms. The minimum atomic E-state index is -0.572. The van der Waals surface area contributed by atoms with Gasteiger partial charge in [-0.05, 0) is 65.8 Å². The molecule has 2 aromatic carbocycles. The summed E-state index contributed by atoms with van der Waals surface area (Å²) in [5.74, 6) is 1.55. The van der Waals surface area contributed by atoms with Crippen LogP contribution in [0.15, 0.2) is 61.2 Å². The molecule has 148 valence electrons. The van der Waals surface area contributed by atoms with E-state index in [-0.39, 0.29) is 5.78 Å². The number of ketones is 1. The van der Waals surface area contributed by atoms with Gasteiger partial charge in [-0.2, -0.15) is 0 Å². The first kappa shape index (κ1) is 20.5. The monoisotopic (exact) mass is 376 g/mol. The van der Waals surface area contributed by atoms with Gasteiger partial charge in [0.15, 0.2) is 5.78 Å². The van der Waals surface area contributed by atoms with Crippen LogP contribution >= 0.6 is 0 Å². The first-order valence-corrected chi connectivity index (χ1v) is 10.6. The lowest BCUT2D eigenvalue weighted by atomic mass is 9.77. The fourth-order valence-electron chi connectivity index (χ4n) is 4.51. The van der Waals surface area contributed by atoms with E-state index in [1.54, 1.807) is 7.11 Å². The standard InChI is InChI=1S/C26H32O2/c1-4-6-19-7-9-20(10-8-19)21-11-13-22(14-12-21)23-15-17-24(18-16-23)26(28-3)25(27)5-2/h5,11-20,26H,2,4,6-10H2,1,3H3. The van der Waals surface area contributed by atoms with Crippen molar-refractivity contribution in [3.63, 3.8) is 0 Å². The van der Waals surface area contributed by atoms with Crippen molar-refractivity contribution in [2.24, 2.45) is 5.92 Å². The van der Waals surface area contributed by atoms with E-state index in [2.05, 4.69) is 49.9 Å². The minimum absolute atomic E-state index is 0.117. The Balaban J connectivity index is 1.67. The number of carbonyl (C=O) groups is 1. The van der Waals surface area contributed by atoms with Gasteiger partial charge in [0.1, 0.15) is 6.10 Å². The molecule has 2 nitrogen and oxygen atoms in total. The number of hydrogen-bond acceptors (Lipinski definition) is 2. The number of ether oxygens (including phenoxy) is 1. The van der Waals surface area contributed by atoms with E-state index in [1.165, 1.54) is 55.7 Å². The van der Waals surface area contributed by atoms with Crippen LogP contribution in [-0.2, 0) is 9.53 Å². The molecule has 0 bridgehead atoms. The van der Waals surface area contributed by atoms with E-state index in [0.29, 0.717) is 0 Å².